The smallest absolute Gasteiger partial charge is 0.194 e. The maximum absolute atomic E-state index is 4.57. The van der Waals surface area contributed by atoms with Gasteiger partial charge in [0.05, 0.1) is 4.88 Å². The van der Waals surface area contributed by atoms with Crippen molar-refractivity contribution in [2.24, 2.45) is 0 Å². The number of aromatic nitrogens is 2. The van der Waals surface area contributed by atoms with Gasteiger partial charge in [0, 0.05) is 17.3 Å². The van der Waals surface area contributed by atoms with Crippen molar-refractivity contribution in [1.82, 2.24) is 9.38 Å². The van der Waals surface area contributed by atoms with Gasteiger partial charge < -0.3 is 0 Å². The standard InChI is InChI=1S/C10H8N2S2.BrH/c1-7-5-12-6-8(11-10(12)14-7)9-3-2-4-13-9;/h2-6H,1H3;1H. The van der Waals surface area contributed by atoms with Crippen LogP contribution in [0.1, 0.15) is 4.88 Å². The summed E-state index contributed by atoms with van der Waals surface area (Å²) in [4.78, 5) is 8.17. The fourth-order valence-corrected chi connectivity index (χ4v) is 2.94. The van der Waals surface area contributed by atoms with Gasteiger partial charge in [-0.1, -0.05) is 6.07 Å². The van der Waals surface area contributed by atoms with Crippen LogP contribution in [0.4, 0.5) is 0 Å². The third-order valence-corrected chi connectivity index (χ3v) is 3.85. The van der Waals surface area contributed by atoms with E-state index < -0.39 is 0 Å². The number of hydrogen-bond acceptors (Lipinski definition) is 3. The molecule has 3 rings (SSSR count). The zero-order valence-corrected chi connectivity index (χ0v) is 11.4. The van der Waals surface area contributed by atoms with E-state index in [-0.39, 0.29) is 17.0 Å². The van der Waals surface area contributed by atoms with Crippen molar-refractivity contribution >= 4 is 44.6 Å². The molecule has 5 heteroatoms. The topological polar surface area (TPSA) is 17.3 Å². The Morgan fingerprint density at radius 1 is 1.33 bits per heavy atom. The summed E-state index contributed by atoms with van der Waals surface area (Å²) in [6.07, 6.45) is 4.20. The lowest BCUT2D eigenvalue weighted by atomic mass is 10.4. The fraction of sp³-hybridized carbons (Fsp3) is 0.100. The van der Waals surface area contributed by atoms with E-state index in [4.69, 9.17) is 0 Å². The lowest BCUT2D eigenvalue weighted by molar-refractivity contribution is 1.22. The van der Waals surface area contributed by atoms with Crippen LogP contribution in [0.25, 0.3) is 15.5 Å². The number of fused-ring (bicyclic) bond motifs is 1. The van der Waals surface area contributed by atoms with E-state index in [1.165, 1.54) is 9.75 Å². The first-order valence-corrected chi connectivity index (χ1v) is 6.01. The molecule has 0 radical (unpaired) electrons. The summed E-state index contributed by atoms with van der Waals surface area (Å²) in [5.41, 5.74) is 1.08. The molecule has 0 aromatic carbocycles. The number of nitrogens with zero attached hydrogens (tertiary/aromatic N) is 2. The Morgan fingerprint density at radius 2 is 2.20 bits per heavy atom. The Bertz CT molecular complexity index is 534. The fourth-order valence-electron chi connectivity index (χ4n) is 1.45. The maximum atomic E-state index is 4.57. The van der Waals surface area contributed by atoms with Gasteiger partial charge in [0.25, 0.3) is 0 Å². The number of halogens is 1. The van der Waals surface area contributed by atoms with E-state index in [2.05, 4.69) is 46.2 Å². The molecule has 0 saturated carbocycles. The van der Waals surface area contributed by atoms with Gasteiger partial charge in [0.15, 0.2) is 4.96 Å². The zero-order chi connectivity index (χ0) is 9.54. The van der Waals surface area contributed by atoms with Gasteiger partial charge in [0.2, 0.25) is 0 Å². The second-order valence-corrected chi connectivity index (χ2v) is 5.30. The van der Waals surface area contributed by atoms with Crippen molar-refractivity contribution in [3.8, 4) is 10.6 Å². The second-order valence-electron chi connectivity index (χ2n) is 3.14. The first-order valence-electron chi connectivity index (χ1n) is 4.32. The van der Waals surface area contributed by atoms with Crippen molar-refractivity contribution in [1.29, 1.82) is 0 Å². The van der Waals surface area contributed by atoms with Crippen LogP contribution in [0, 0.1) is 6.92 Å². The van der Waals surface area contributed by atoms with Crippen LogP contribution in [0.5, 0.6) is 0 Å². The second kappa shape index (κ2) is 4.08. The highest BCUT2D eigenvalue weighted by molar-refractivity contribution is 8.93. The van der Waals surface area contributed by atoms with Crippen molar-refractivity contribution < 1.29 is 0 Å². The maximum Gasteiger partial charge on any atom is 0.194 e. The molecule has 0 aliphatic rings. The summed E-state index contributed by atoms with van der Waals surface area (Å²) in [7, 11) is 0. The van der Waals surface area contributed by atoms with Gasteiger partial charge in [-0.15, -0.1) is 39.7 Å². The lowest BCUT2D eigenvalue weighted by Crippen LogP contribution is -1.69. The molecule has 0 fully saturated rings. The van der Waals surface area contributed by atoms with Crippen LogP contribution in [-0.2, 0) is 0 Å². The van der Waals surface area contributed by atoms with Crippen LogP contribution in [-0.4, -0.2) is 9.38 Å². The summed E-state index contributed by atoms with van der Waals surface area (Å²) in [5.74, 6) is 0. The summed E-state index contributed by atoms with van der Waals surface area (Å²) < 4.78 is 2.09. The molecule has 0 atom stereocenters. The number of rotatable bonds is 1. The van der Waals surface area contributed by atoms with E-state index in [1.54, 1.807) is 22.7 Å². The van der Waals surface area contributed by atoms with Crippen molar-refractivity contribution in [3.05, 3.63) is 34.8 Å². The summed E-state index contributed by atoms with van der Waals surface area (Å²) in [6, 6.07) is 4.16. The Hall–Kier alpha value is -0.650. The normalized spacial score (nSPS) is 10.5. The number of hydrogen-bond donors (Lipinski definition) is 0. The zero-order valence-electron chi connectivity index (χ0n) is 8.01. The van der Waals surface area contributed by atoms with E-state index in [0.717, 1.165) is 10.7 Å². The van der Waals surface area contributed by atoms with Crippen molar-refractivity contribution in [3.63, 3.8) is 0 Å². The molecule has 78 valence electrons. The van der Waals surface area contributed by atoms with Crippen LogP contribution < -0.4 is 0 Å². The SMILES string of the molecule is Br.Cc1cn2cc(-c3cccs3)nc2s1. The van der Waals surface area contributed by atoms with E-state index in [9.17, 15) is 0 Å². The first kappa shape index (κ1) is 10.9. The average molecular weight is 301 g/mol. The summed E-state index contributed by atoms with van der Waals surface area (Å²) in [6.45, 7) is 2.10. The largest absolute Gasteiger partial charge is 0.297 e. The molecule has 3 heterocycles. The summed E-state index contributed by atoms with van der Waals surface area (Å²) in [5, 5.41) is 2.08. The summed E-state index contributed by atoms with van der Waals surface area (Å²) >= 11 is 3.45. The molecule has 3 aromatic rings. The molecule has 0 unspecified atom stereocenters. The van der Waals surface area contributed by atoms with Crippen LogP contribution in [0.15, 0.2) is 29.9 Å². The van der Waals surface area contributed by atoms with Crippen molar-refractivity contribution in [2.75, 3.05) is 0 Å². The molecule has 0 amide bonds. The Kier molecular flexibility index (Phi) is 2.95. The molecular formula is C10H9BrN2S2. The highest BCUT2D eigenvalue weighted by atomic mass is 79.9. The van der Waals surface area contributed by atoms with Gasteiger partial charge in [-0.25, -0.2) is 4.98 Å². The average Bonchev–Trinajstić information content (AvgIpc) is 2.74. The molecule has 3 aromatic heterocycles. The highest BCUT2D eigenvalue weighted by Gasteiger charge is 2.06. The van der Waals surface area contributed by atoms with Crippen LogP contribution in [0.2, 0.25) is 0 Å². The van der Waals surface area contributed by atoms with Gasteiger partial charge in [-0.3, -0.25) is 4.40 Å². The Labute approximate surface area is 106 Å². The highest BCUT2D eigenvalue weighted by Crippen LogP contribution is 2.26. The third-order valence-electron chi connectivity index (χ3n) is 2.05. The van der Waals surface area contributed by atoms with Crippen LogP contribution in [0.3, 0.4) is 0 Å². The minimum atomic E-state index is 0. The minimum absolute atomic E-state index is 0. The van der Waals surface area contributed by atoms with Gasteiger partial charge in [-0.2, -0.15) is 0 Å². The first-order chi connectivity index (χ1) is 6.83. The van der Waals surface area contributed by atoms with Gasteiger partial charge in [-0.05, 0) is 18.4 Å². The molecule has 0 aliphatic carbocycles. The van der Waals surface area contributed by atoms with Crippen molar-refractivity contribution in [2.45, 2.75) is 6.92 Å². The Balaban J connectivity index is 0.000000853. The van der Waals surface area contributed by atoms with Gasteiger partial charge in [0.1, 0.15) is 5.69 Å². The Morgan fingerprint density at radius 3 is 2.87 bits per heavy atom. The molecule has 0 N–H and O–H groups in total. The third kappa shape index (κ3) is 1.87. The van der Waals surface area contributed by atoms with E-state index in [1.807, 2.05) is 0 Å². The van der Waals surface area contributed by atoms with E-state index >= 15 is 0 Å². The minimum Gasteiger partial charge on any atom is -0.297 e. The number of aryl methyl sites for hydroxylation is 1. The molecule has 0 spiro atoms. The number of thiazole rings is 1. The molecule has 0 aliphatic heterocycles. The van der Waals surface area contributed by atoms with Gasteiger partial charge >= 0.3 is 0 Å². The monoisotopic (exact) mass is 300 g/mol. The molecule has 0 bridgehead atoms. The molecular weight excluding hydrogens is 292 g/mol. The lowest BCUT2D eigenvalue weighted by Gasteiger charge is -1.85. The number of imidazole rings is 1. The molecule has 0 saturated heterocycles. The predicted octanol–water partition coefficient (Wildman–Crippen LogP) is 4.01. The number of thiophene rings is 1. The van der Waals surface area contributed by atoms with E-state index in [0.29, 0.717) is 0 Å². The van der Waals surface area contributed by atoms with Crippen LogP contribution >= 0.6 is 39.7 Å². The predicted molar refractivity (Wildman–Crippen MR) is 71.4 cm³/mol. The quantitative estimate of drug-likeness (QED) is 0.664. The molecule has 15 heavy (non-hydrogen) atoms. The molecule has 2 nitrogen and oxygen atoms in total.